The summed E-state index contributed by atoms with van der Waals surface area (Å²) >= 11 is 0. The van der Waals surface area contributed by atoms with Gasteiger partial charge in [-0.05, 0) is 12.6 Å². The summed E-state index contributed by atoms with van der Waals surface area (Å²) in [6, 6.07) is 2.45. The van der Waals surface area contributed by atoms with Gasteiger partial charge in [0.2, 0.25) is 0 Å². The first-order chi connectivity index (χ1) is 7.63. The Balaban J connectivity index is 3.15. The molecule has 0 bridgehead atoms. The molecule has 0 spiro atoms. The third kappa shape index (κ3) is 2.49. The molecule has 4 nitrogen and oxygen atoms in total. The molecule has 1 aromatic carbocycles. The molecule has 0 unspecified atom stereocenters. The minimum atomic E-state index is -0.629. The maximum atomic E-state index is 13.5. The summed E-state index contributed by atoms with van der Waals surface area (Å²) in [4.78, 5) is 11.5. The highest BCUT2D eigenvalue weighted by molar-refractivity contribution is 5.97. The minimum absolute atomic E-state index is 0.0249. The van der Waals surface area contributed by atoms with Crippen molar-refractivity contribution in [1.29, 1.82) is 0 Å². The van der Waals surface area contributed by atoms with Gasteiger partial charge in [0.1, 0.15) is 5.82 Å². The van der Waals surface area contributed by atoms with Gasteiger partial charge in [0, 0.05) is 12.5 Å². The normalized spacial score (nSPS) is 10.0. The van der Waals surface area contributed by atoms with E-state index >= 15 is 0 Å². The van der Waals surface area contributed by atoms with Crippen LogP contribution < -0.4 is 15.2 Å². The fraction of sp³-hybridized carbons (Fsp3) is 0.364. The number of nitrogens with two attached hydrogens (primary N) is 1. The molecule has 0 fully saturated rings. The Morgan fingerprint density at radius 1 is 1.31 bits per heavy atom. The Morgan fingerprint density at radius 2 is 1.88 bits per heavy atom. The number of ketones is 1. The molecule has 88 valence electrons. The summed E-state index contributed by atoms with van der Waals surface area (Å²) in [7, 11) is 2.83. The zero-order valence-corrected chi connectivity index (χ0v) is 9.25. The number of hydrogen-bond donors (Lipinski definition) is 1. The average molecular weight is 227 g/mol. The monoisotopic (exact) mass is 227 g/mol. The second-order valence-electron chi connectivity index (χ2n) is 3.15. The third-order valence-electron chi connectivity index (χ3n) is 2.15. The van der Waals surface area contributed by atoms with Crippen molar-refractivity contribution in [2.24, 2.45) is 5.73 Å². The van der Waals surface area contributed by atoms with E-state index < -0.39 is 5.82 Å². The summed E-state index contributed by atoms with van der Waals surface area (Å²) in [5.74, 6) is -0.398. The largest absolute Gasteiger partial charge is 0.493 e. The van der Waals surface area contributed by atoms with Crippen LogP contribution in [0.3, 0.4) is 0 Å². The van der Waals surface area contributed by atoms with Gasteiger partial charge in [-0.25, -0.2) is 4.39 Å². The van der Waals surface area contributed by atoms with Crippen molar-refractivity contribution < 1.29 is 18.7 Å². The fourth-order valence-electron chi connectivity index (χ4n) is 1.33. The van der Waals surface area contributed by atoms with E-state index in [0.717, 1.165) is 6.07 Å². The lowest BCUT2D eigenvalue weighted by molar-refractivity contribution is 0.0981. The Bertz CT molecular complexity index is 393. The van der Waals surface area contributed by atoms with Gasteiger partial charge in [-0.2, -0.15) is 0 Å². The molecule has 16 heavy (non-hydrogen) atoms. The van der Waals surface area contributed by atoms with Crippen LogP contribution in [-0.4, -0.2) is 26.5 Å². The van der Waals surface area contributed by atoms with Crippen LogP contribution in [0.4, 0.5) is 4.39 Å². The van der Waals surface area contributed by atoms with Crippen molar-refractivity contribution >= 4 is 5.78 Å². The van der Waals surface area contributed by atoms with Crippen LogP contribution in [0.1, 0.15) is 16.8 Å². The molecule has 0 radical (unpaired) electrons. The van der Waals surface area contributed by atoms with Crippen molar-refractivity contribution in [2.75, 3.05) is 20.8 Å². The molecule has 0 heterocycles. The predicted octanol–water partition coefficient (Wildman–Crippen LogP) is 1.37. The topological polar surface area (TPSA) is 61.5 Å². The first kappa shape index (κ1) is 12.4. The van der Waals surface area contributed by atoms with E-state index in [9.17, 15) is 9.18 Å². The third-order valence-corrected chi connectivity index (χ3v) is 2.15. The number of ether oxygens (including phenoxy) is 2. The molecular weight excluding hydrogens is 213 g/mol. The Kier molecular flexibility index (Phi) is 4.25. The van der Waals surface area contributed by atoms with Gasteiger partial charge in [0.15, 0.2) is 17.3 Å². The zero-order valence-electron chi connectivity index (χ0n) is 9.25. The molecule has 5 heteroatoms. The zero-order chi connectivity index (χ0) is 12.1. The second-order valence-corrected chi connectivity index (χ2v) is 3.15. The number of carbonyl (C=O) groups excluding carboxylic acids is 1. The van der Waals surface area contributed by atoms with Crippen molar-refractivity contribution in [2.45, 2.75) is 6.42 Å². The molecule has 1 aromatic rings. The highest BCUT2D eigenvalue weighted by Crippen LogP contribution is 2.30. The van der Waals surface area contributed by atoms with E-state index in [1.165, 1.54) is 20.3 Å². The van der Waals surface area contributed by atoms with Crippen molar-refractivity contribution in [3.8, 4) is 11.5 Å². The van der Waals surface area contributed by atoms with Crippen molar-refractivity contribution in [3.63, 3.8) is 0 Å². The number of benzene rings is 1. The van der Waals surface area contributed by atoms with E-state index in [4.69, 9.17) is 15.2 Å². The Morgan fingerprint density at radius 3 is 2.38 bits per heavy atom. The van der Waals surface area contributed by atoms with Gasteiger partial charge in [-0.15, -0.1) is 0 Å². The smallest absolute Gasteiger partial charge is 0.167 e. The van der Waals surface area contributed by atoms with Gasteiger partial charge < -0.3 is 15.2 Å². The summed E-state index contributed by atoms with van der Waals surface area (Å²) < 4.78 is 23.4. The van der Waals surface area contributed by atoms with Crippen LogP contribution in [-0.2, 0) is 0 Å². The van der Waals surface area contributed by atoms with Gasteiger partial charge in [0.05, 0.1) is 19.8 Å². The molecular formula is C11H14FNO3. The number of methoxy groups -OCH3 is 2. The molecule has 0 saturated heterocycles. The number of rotatable bonds is 5. The number of hydrogen-bond acceptors (Lipinski definition) is 4. The summed E-state index contributed by atoms with van der Waals surface area (Å²) in [5.41, 5.74) is 5.22. The van der Waals surface area contributed by atoms with Gasteiger partial charge in [-0.1, -0.05) is 0 Å². The molecule has 0 aromatic heterocycles. The highest BCUT2D eigenvalue weighted by atomic mass is 19.1. The standard InChI is InChI=1S/C11H14FNO3/c1-15-10-5-7(9(14)3-4-13)8(12)6-11(10)16-2/h5-6H,3-4,13H2,1-2H3. The first-order valence-corrected chi connectivity index (χ1v) is 4.78. The van der Waals surface area contributed by atoms with Crippen molar-refractivity contribution in [3.05, 3.63) is 23.5 Å². The average Bonchev–Trinajstić information content (AvgIpc) is 2.28. The summed E-state index contributed by atoms with van der Waals surface area (Å²) in [5, 5.41) is 0. The number of Topliss-reactive ketones (excluding diaryl/α,β-unsaturated/α-hetero) is 1. The van der Waals surface area contributed by atoms with Crippen LogP contribution in [0.25, 0.3) is 0 Å². The van der Waals surface area contributed by atoms with E-state index in [2.05, 4.69) is 0 Å². The number of carbonyl (C=O) groups is 1. The quantitative estimate of drug-likeness (QED) is 0.772. The second kappa shape index (κ2) is 5.46. The molecule has 0 aliphatic heterocycles. The maximum absolute atomic E-state index is 13.5. The molecule has 2 N–H and O–H groups in total. The molecule has 0 aliphatic carbocycles. The number of halogens is 1. The molecule has 0 atom stereocenters. The summed E-state index contributed by atoms with van der Waals surface area (Å²) in [6.07, 6.45) is 0.104. The lowest BCUT2D eigenvalue weighted by atomic mass is 10.1. The van der Waals surface area contributed by atoms with Gasteiger partial charge >= 0.3 is 0 Å². The molecule has 0 aliphatic rings. The molecule has 1 rings (SSSR count). The SMILES string of the molecule is COc1cc(F)c(C(=O)CCN)cc1OC. The molecule has 0 saturated carbocycles. The van der Waals surface area contributed by atoms with E-state index in [1.807, 2.05) is 0 Å². The minimum Gasteiger partial charge on any atom is -0.493 e. The van der Waals surface area contributed by atoms with Crippen LogP contribution in [0.2, 0.25) is 0 Å². The van der Waals surface area contributed by atoms with Crippen LogP contribution in [0, 0.1) is 5.82 Å². The van der Waals surface area contributed by atoms with E-state index in [0.29, 0.717) is 5.75 Å². The van der Waals surface area contributed by atoms with Crippen LogP contribution in [0.15, 0.2) is 12.1 Å². The van der Waals surface area contributed by atoms with Crippen LogP contribution in [0.5, 0.6) is 11.5 Å². The highest BCUT2D eigenvalue weighted by Gasteiger charge is 2.16. The fourth-order valence-corrected chi connectivity index (χ4v) is 1.33. The molecule has 0 amide bonds. The lowest BCUT2D eigenvalue weighted by Gasteiger charge is -2.10. The van der Waals surface area contributed by atoms with Gasteiger partial charge in [-0.3, -0.25) is 4.79 Å². The van der Waals surface area contributed by atoms with E-state index in [1.54, 1.807) is 0 Å². The van der Waals surface area contributed by atoms with E-state index in [-0.39, 0.29) is 30.1 Å². The lowest BCUT2D eigenvalue weighted by Crippen LogP contribution is -2.10. The van der Waals surface area contributed by atoms with Crippen LogP contribution >= 0.6 is 0 Å². The predicted molar refractivity (Wildman–Crippen MR) is 57.5 cm³/mol. The van der Waals surface area contributed by atoms with Gasteiger partial charge in [0.25, 0.3) is 0 Å². The summed E-state index contributed by atoms with van der Waals surface area (Å²) in [6.45, 7) is 0.187. The Labute approximate surface area is 93.2 Å². The first-order valence-electron chi connectivity index (χ1n) is 4.78. The maximum Gasteiger partial charge on any atom is 0.167 e. The Hall–Kier alpha value is -1.62. The van der Waals surface area contributed by atoms with Crippen molar-refractivity contribution in [1.82, 2.24) is 0 Å².